The summed E-state index contributed by atoms with van der Waals surface area (Å²) in [7, 11) is 0. The second-order valence-corrected chi connectivity index (χ2v) is 6.63. The quantitative estimate of drug-likeness (QED) is 0.789. The zero-order chi connectivity index (χ0) is 17.7. The van der Waals surface area contributed by atoms with Crippen LogP contribution >= 0.6 is 0 Å². The van der Waals surface area contributed by atoms with Crippen molar-refractivity contribution >= 4 is 16.9 Å². The van der Waals surface area contributed by atoms with E-state index in [9.17, 15) is 9.59 Å². The summed E-state index contributed by atoms with van der Waals surface area (Å²) in [6.07, 6.45) is 2.02. The molecule has 0 spiro atoms. The summed E-state index contributed by atoms with van der Waals surface area (Å²) in [6, 6.07) is 6.81. The lowest BCUT2D eigenvalue weighted by atomic mass is 10.0. The largest absolute Gasteiger partial charge is 0.484 e. The van der Waals surface area contributed by atoms with Crippen molar-refractivity contribution in [2.24, 2.45) is 5.92 Å². The van der Waals surface area contributed by atoms with Gasteiger partial charge in [-0.2, -0.15) is 0 Å². The molecule has 1 aromatic heterocycles. The number of amides is 1. The minimum atomic E-state index is -0.395. The molecule has 24 heavy (non-hydrogen) atoms. The van der Waals surface area contributed by atoms with E-state index in [0.717, 1.165) is 23.8 Å². The van der Waals surface area contributed by atoms with Gasteiger partial charge in [0, 0.05) is 23.6 Å². The fourth-order valence-electron chi connectivity index (χ4n) is 2.52. The van der Waals surface area contributed by atoms with Gasteiger partial charge >= 0.3 is 5.63 Å². The van der Waals surface area contributed by atoms with Crippen molar-refractivity contribution in [1.82, 2.24) is 5.32 Å². The molecule has 2 rings (SSSR count). The Morgan fingerprint density at radius 2 is 1.96 bits per heavy atom. The highest BCUT2D eigenvalue weighted by molar-refractivity contribution is 5.81. The van der Waals surface area contributed by atoms with Gasteiger partial charge in [0.05, 0.1) is 0 Å². The fraction of sp³-hybridized carbons (Fsp3) is 0.474. The van der Waals surface area contributed by atoms with Crippen LogP contribution in [0.25, 0.3) is 11.0 Å². The average molecular weight is 331 g/mol. The standard InChI is InChI=1S/C19H25NO4/c1-12(2)5-6-14(4)20-18(21)11-23-15-7-8-16-13(3)9-19(22)24-17(16)10-15/h7-10,12,14H,5-6,11H2,1-4H3,(H,20,21)/t14-/m0/s1. The summed E-state index contributed by atoms with van der Waals surface area (Å²) in [5, 5.41) is 3.78. The van der Waals surface area contributed by atoms with Crippen molar-refractivity contribution < 1.29 is 13.9 Å². The Labute approximate surface area is 142 Å². The lowest BCUT2D eigenvalue weighted by Gasteiger charge is -2.15. The SMILES string of the molecule is Cc1cc(=O)oc2cc(OCC(=O)N[C@@H](C)CCC(C)C)ccc12. The number of hydrogen-bond acceptors (Lipinski definition) is 4. The Kier molecular flexibility index (Phi) is 6.01. The molecule has 0 aliphatic carbocycles. The minimum Gasteiger partial charge on any atom is -0.484 e. The summed E-state index contributed by atoms with van der Waals surface area (Å²) in [5.74, 6) is 0.967. The lowest BCUT2D eigenvalue weighted by Crippen LogP contribution is -2.36. The van der Waals surface area contributed by atoms with E-state index in [1.54, 1.807) is 12.1 Å². The van der Waals surface area contributed by atoms with Gasteiger partial charge < -0.3 is 14.5 Å². The third kappa shape index (κ3) is 5.11. The maximum absolute atomic E-state index is 11.9. The molecule has 1 aromatic carbocycles. The first-order chi connectivity index (χ1) is 11.3. The van der Waals surface area contributed by atoms with E-state index in [0.29, 0.717) is 17.3 Å². The molecule has 1 heterocycles. The molecule has 0 aliphatic heterocycles. The van der Waals surface area contributed by atoms with Gasteiger partial charge in [-0.3, -0.25) is 4.79 Å². The molecule has 1 atom stereocenters. The summed E-state index contributed by atoms with van der Waals surface area (Å²) in [5.41, 5.74) is 0.918. The smallest absolute Gasteiger partial charge is 0.336 e. The zero-order valence-corrected chi connectivity index (χ0v) is 14.7. The topological polar surface area (TPSA) is 68.5 Å². The Morgan fingerprint density at radius 1 is 1.21 bits per heavy atom. The van der Waals surface area contributed by atoms with Crippen LogP contribution in [0.5, 0.6) is 5.75 Å². The molecule has 0 saturated carbocycles. The maximum Gasteiger partial charge on any atom is 0.336 e. The summed E-state index contributed by atoms with van der Waals surface area (Å²) in [4.78, 5) is 23.4. The molecule has 5 nitrogen and oxygen atoms in total. The molecule has 0 aliphatic rings. The first kappa shape index (κ1) is 18.0. The monoisotopic (exact) mass is 331 g/mol. The third-order valence-electron chi connectivity index (χ3n) is 3.88. The van der Waals surface area contributed by atoms with Gasteiger partial charge in [-0.05, 0) is 50.3 Å². The molecule has 0 bridgehead atoms. The van der Waals surface area contributed by atoms with Crippen molar-refractivity contribution in [1.29, 1.82) is 0 Å². The van der Waals surface area contributed by atoms with Gasteiger partial charge in [0.15, 0.2) is 6.61 Å². The fourth-order valence-corrected chi connectivity index (χ4v) is 2.52. The number of ether oxygens (including phenoxy) is 1. The Bertz CT molecular complexity index is 764. The van der Waals surface area contributed by atoms with Crippen LogP contribution in [-0.4, -0.2) is 18.6 Å². The van der Waals surface area contributed by atoms with Gasteiger partial charge in [0.1, 0.15) is 11.3 Å². The number of carbonyl (C=O) groups is 1. The van der Waals surface area contributed by atoms with E-state index < -0.39 is 5.63 Å². The molecule has 1 amide bonds. The molecule has 5 heteroatoms. The van der Waals surface area contributed by atoms with Gasteiger partial charge in [-0.15, -0.1) is 0 Å². The Morgan fingerprint density at radius 3 is 2.67 bits per heavy atom. The summed E-state index contributed by atoms with van der Waals surface area (Å²) in [6.45, 7) is 8.11. The van der Waals surface area contributed by atoms with Crippen LogP contribution in [-0.2, 0) is 4.79 Å². The second kappa shape index (κ2) is 7.99. The number of hydrogen-bond donors (Lipinski definition) is 1. The molecule has 1 N–H and O–H groups in total. The number of carbonyl (C=O) groups excluding carboxylic acids is 1. The maximum atomic E-state index is 11.9. The molecular formula is C19H25NO4. The molecule has 0 unspecified atom stereocenters. The molecule has 0 fully saturated rings. The Balaban J connectivity index is 1.93. The minimum absolute atomic E-state index is 0.0619. The van der Waals surface area contributed by atoms with E-state index in [1.807, 2.05) is 19.9 Å². The van der Waals surface area contributed by atoms with Crippen molar-refractivity contribution in [3.63, 3.8) is 0 Å². The van der Waals surface area contributed by atoms with E-state index >= 15 is 0 Å². The van der Waals surface area contributed by atoms with Gasteiger partial charge in [-0.25, -0.2) is 4.79 Å². The number of benzene rings is 1. The van der Waals surface area contributed by atoms with E-state index in [-0.39, 0.29) is 18.6 Å². The van der Waals surface area contributed by atoms with Crippen LogP contribution in [0.4, 0.5) is 0 Å². The highest BCUT2D eigenvalue weighted by Crippen LogP contribution is 2.22. The molecular weight excluding hydrogens is 306 g/mol. The first-order valence-electron chi connectivity index (χ1n) is 8.32. The molecule has 2 aromatic rings. The molecule has 0 saturated heterocycles. The van der Waals surface area contributed by atoms with Crippen molar-refractivity contribution in [3.8, 4) is 5.75 Å². The van der Waals surface area contributed by atoms with Crippen LogP contribution in [0.3, 0.4) is 0 Å². The van der Waals surface area contributed by atoms with Crippen LogP contribution in [0.1, 0.15) is 39.2 Å². The van der Waals surface area contributed by atoms with E-state index in [2.05, 4.69) is 19.2 Å². The van der Waals surface area contributed by atoms with E-state index in [4.69, 9.17) is 9.15 Å². The van der Waals surface area contributed by atoms with Gasteiger partial charge in [0.25, 0.3) is 5.91 Å². The number of aryl methyl sites for hydroxylation is 1. The Hall–Kier alpha value is -2.30. The third-order valence-corrected chi connectivity index (χ3v) is 3.88. The zero-order valence-electron chi connectivity index (χ0n) is 14.7. The highest BCUT2D eigenvalue weighted by atomic mass is 16.5. The second-order valence-electron chi connectivity index (χ2n) is 6.63. The normalized spacial score (nSPS) is 12.4. The molecule has 0 radical (unpaired) electrons. The average Bonchev–Trinajstić information content (AvgIpc) is 2.50. The van der Waals surface area contributed by atoms with Gasteiger partial charge in [0.2, 0.25) is 0 Å². The van der Waals surface area contributed by atoms with Crippen LogP contribution in [0.2, 0.25) is 0 Å². The molecule has 130 valence electrons. The number of rotatable bonds is 7. The highest BCUT2D eigenvalue weighted by Gasteiger charge is 2.10. The first-order valence-corrected chi connectivity index (χ1v) is 8.32. The van der Waals surface area contributed by atoms with Crippen LogP contribution in [0.15, 0.2) is 33.5 Å². The summed E-state index contributed by atoms with van der Waals surface area (Å²) < 4.78 is 10.7. The van der Waals surface area contributed by atoms with E-state index in [1.165, 1.54) is 6.07 Å². The summed E-state index contributed by atoms with van der Waals surface area (Å²) >= 11 is 0. The van der Waals surface area contributed by atoms with Gasteiger partial charge in [-0.1, -0.05) is 13.8 Å². The van der Waals surface area contributed by atoms with Crippen molar-refractivity contribution in [2.45, 2.75) is 46.6 Å². The predicted molar refractivity (Wildman–Crippen MR) is 94.4 cm³/mol. The van der Waals surface area contributed by atoms with Crippen molar-refractivity contribution in [2.75, 3.05) is 6.61 Å². The van der Waals surface area contributed by atoms with Crippen molar-refractivity contribution in [3.05, 3.63) is 40.2 Å². The lowest BCUT2D eigenvalue weighted by molar-refractivity contribution is -0.123. The number of fused-ring (bicyclic) bond motifs is 1. The predicted octanol–water partition coefficient (Wildman–Crippen LogP) is 3.42. The number of nitrogens with one attached hydrogen (secondary N) is 1. The van der Waals surface area contributed by atoms with Crippen LogP contribution < -0.4 is 15.7 Å². The van der Waals surface area contributed by atoms with Crippen LogP contribution in [0, 0.1) is 12.8 Å².